The lowest BCUT2D eigenvalue weighted by Gasteiger charge is -2.22. The zero-order chi connectivity index (χ0) is 13.2. The number of nitrogens with one attached hydrogen (secondary N) is 1. The number of hydrogen-bond donors (Lipinski definition) is 3. The summed E-state index contributed by atoms with van der Waals surface area (Å²) >= 11 is 0. The molecule has 1 aromatic rings. The summed E-state index contributed by atoms with van der Waals surface area (Å²) in [5.74, 6) is -2.16. The van der Waals surface area contributed by atoms with Gasteiger partial charge in [-0.3, -0.25) is 9.59 Å². The molecule has 2 amide bonds. The number of carbonyl (C=O) groups excluding carboxylic acids is 2. The van der Waals surface area contributed by atoms with Crippen LogP contribution in [0.5, 0.6) is 0 Å². The van der Waals surface area contributed by atoms with Crippen LogP contribution in [0.3, 0.4) is 0 Å². The molecule has 0 atom stereocenters. The molecule has 0 aromatic heterocycles. The minimum absolute atomic E-state index is 0.223. The van der Waals surface area contributed by atoms with Gasteiger partial charge in [0.15, 0.2) is 0 Å². The second-order valence-corrected chi connectivity index (χ2v) is 4.18. The van der Waals surface area contributed by atoms with Gasteiger partial charge in [0.05, 0.1) is 5.56 Å². The number of primary amides is 1. The molecule has 6 heteroatoms. The molecule has 0 unspecified atom stereocenters. The molecule has 1 aromatic carbocycles. The lowest BCUT2D eigenvalue weighted by atomic mass is 10.0. The van der Waals surface area contributed by atoms with E-state index in [0.717, 1.165) is 6.07 Å². The largest absolute Gasteiger partial charge is 0.399 e. The van der Waals surface area contributed by atoms with Crippen LogP contribution in [0.1, 0.15) is 24.2 Å². The average molecular weight is 239 g/mol. The van der Waals surface area contributed by atoms with Gasteiger partial charge in [0.25, 0.3) is 5.91 Å². The fourth-order valence-corrected chi connectivity index (χ4v) is 1.13. The van der Waals surface area contributed by atoms with Gasteiger partial charge in [-0.15, -0.1) is 0 Å². The Hall–Kier alpha value is -2.11. The molecule has 0 bridgehead atoms. The fraction of sp³-hybridized carbons (Fsp3) is 0.273. The van der Waals surface area contributed by atoms with Gasteiger partial charge in [-0.1, -0.05) is 0 Å². The molecule has 92 valence electrons. The minimum atomic E-state index is -1.26. The highest BCUT2D eigenvalue weighted by atomic mass is 19.1. The van der Waals surface area contributed by atoms with Crippen molar-refractivity contribution >= 4 is 17.5 Å². The third-order valence-corrected chi connectivity index (χ3v) is 2.28. The van der Waals surface area contributed by atoms with E-state index in [4.69, 9.17) is 11.5 Å². The topological polar surface area (TPSA) is 98.2 Å². The van der Waals surface area contributed by atoms with E-state index in [9.17, 15) is 14.0 Å². The number of nitrogens with two attached hydrogens (primary N) is 2. The Kier molecular flexibility index (Phi) is 3.36. The zero-order valence-corrected chi connectivity index (χ0v) is 9.58. The van der Waals surface area contributed by atoms with Crippen LogP contribution in [-0.4, -0.2) is 17.4 Å². The maximum absolute atomic E-state index is 13.4. The average Bonchev–Trinajstić information content (AvgIpc) is 2.20. The molecule has 5 nitrogen and oxygen atoms in total. The first-order chi connectivity index (χ1) is 7.74. The normalized spacial score (nSPS) is 11.0. The van der Waals surface area contributed by atoms with Gasteiger partial charge in [-0.2, -0.15) is 0 Å². The number of anilines is 1. The van der Waals surface area contributed by atoms with E-state index in [1.807, 2.05) is 0 Å². The summed E-state index contributed by atoms with van der Waals surface area (Å²) in [6, 6.07) is 3.62. The highest BCUT2D eigenvalue weighted by Crippen LogP contribution is 2.13. The maximum atomic E-state index is 13.4. The van der Waals surface area contributed by atoms with Crippen molar-refractivity contribution in [1.82, 2.24) is 5.32 Å². The molecular weight excluding hydrogens is 225 g/mol. The van der Waals surface area contributed by atoms with E-state index < -0.39 is 23.2 Å². The van der Waals surface area contributed by atoms with E-state index in [-0.39, 0.29) is 11.3 Å². The molecule has 1 rings (SSSR count). The van der Waals surface area contributed by atoms with Gasteiger partial charge in [0.2, 0.25) is 5.91 Å². The smallest absolute Gasteiger partial charge is 0.255 e. The van der Waals surface area contributed by atoms with Crippen molar-refractivity contribution < 1.29 is 14.0 Å². The molecule has 0 spiro atoms. The van der Waals surface area contributed by atoms with Crippen molar-refractivity contribution in [1.29, 1.82) is 0 Å². The molecule has 0 aliphatic heterocycles. The Balaban J connectivity index is 2.98. The Labute approximate surface area is 98.0 Å². The molecule has 0 fully saturated rings. The van der Waals surface area contributed by atoms with Gasteiger partial charge in [-0.05, 0) is 32.0 Å². The first kappa shape index (κ1) is 13.0. The highest BCUT2D eigenvalue weighted by Gasteiger charge is 2.28. The van der Waals surface area contributed by atoms with Crippen LogP contribution in [0.25, 0.3) is 0 Å². The predicted octanol–water partition coefficient (Wildman–Crippen LogP) is 0.402. The van der Waals surface area contributed by atoms with Crippen LogP contribution in [0.4, 0.5) is 10.1 Å². The molecule has 0 heterocycles. The van der Waals surface area contributed by atoms with Gasteiger partial charge >= 0.3 is 0 Å². The predicted molar refractivity (Wildman–Crippen MR) is 61.6 cm³/mol. The number of carbonyl (C=O) groups is 2. The Morgan fingerprint density at radius 3 is 2.47 bits per heavy atom. The molecule has 5 N–H and O–H groups in total. The third-order valence-electron chi connectivity index (χ3n) is 2.28. The number of hydrogen-bond acceptors (Lipinski definition) is 3. The molecule has 0 saturated carbocycles. The van der Waals surface area contributed by atoms with Crippen molar-refractivity contribution in [3.63, 3.8) is 0 Å². The SMILES string of the molecule is CC(C)(NC(=O)c1cc(N)ccc1F)C(N)=O. The second kappa shape index (κ2) is 4.40. The number of rotatable bonds is 3. The van der Waals surface area contributed by atoms with Gasteiger partial charge in [0.1, 0.15) is 11.4 Å². The Morgan fingerprint density at radius 1 is 1.35 bits per heavy atom. The molecule has 0 saturated heterocycles. The lowest BCUT2D eigenvalue weighted by molar-refractivity contribution is -0.122. The summed E-state index contributed by atoms with van der Waals surface area (Å²) in [5, 5.41) is 2.33. The van der Waals surface area contributed by atoms with Gasteiger partial charge in [0, 0.05) is 5.69 Å². The van der Waals surface area contributed by atoms with Crippen molar-refractivity contribution in [2.24, 2.45) is 5.73 Å². The van der Waals surface area contributed by atoms with Gasteiger partial charge < -0.3 is 16.8 Å². The maximum Gasteiger partial charge on any atom is 0.255 e. The standard InChI is InChI=1S/C11H14FN3O2/c1-11(2,10(14)17)15-9(16)7-5-6(13)3-4-8(7)12/h3-5H,13H2,1-2H3,(H2,14,17)(H,15,16). The van der Waals surface area contributed by atoms with Crippen LogP contribution >= 0.6 is 0 Å². The molecular formula is C11H14FN3O2. The summed E-state index contributed by atoms with van der Waals surface area (Å²) in [5.41, 5.74) is 9.32. The Bertz CT molecular complexity index is 472. The highest BCUT2D eigenvalue weighted by molar-refractivity contribution is 5.99. The first-order valence-electron chi connectivity index (χ1n) is 4.91. The Morgan fingerprint density at radius 2 is 1.94 bits per heavy atom. The summed E-state index contributed by atoms with van der Waals surface area (Å²) in [6.45, 7) is 2.86. The van der Waals surface area contributed by atoms with Crippen LogP contribution in [0, 0.1) is 5.82 Å². The molecule has 17 heavy (non-hydrogen) atoms. The van der Waals surface area contributed by atoms with Gasteiger partial charge in [-0.25, -0.2) is 4.39 Å². The number of amides is 2. The first-order valence-corrected chi connectivity index (χ1v) is 4.91. The summed E-state index contributed by atoms with van der Waals surface area (Å²) in [7, 11) is 0. The van der Waals surface area contributed by atoms with E-state index in [2.05, 4.69) is 5.32 Å². The van der Waals surface area contributed by atoms with E-state index in [0.29, 0.717) is 0 Å². The monoisotopic (exact) mass is 239 g/mol. The van der Waals surface area contributed by atoms with Crippen molar-refractivity contribution in [2.75, 3.05) is 5.73 Å². The van der Waals surface area contributed by atoms with Crippen molar-refractivity contribution in [3.8, 4) is 0 Å². The second-order valence-electron chi connectivity index (χ2n) is 4.18. The lowest BCUT2D eigenvalue weighted by Crippen LogP contribution is -2.53. The van der Waals surface area contributed by atoms with Crippen LogP contribution in [0.2, 0.25) is 0 Å². The number of benzene rings is 1. The van der Waals surface area contributed by atoms with Crippen molar-refractivity contribution in [3.05, 3.63) is 29.6 Å². The zero-order valence-electron chi connectivity index (χ0n) is 9.58. The summed E-state index contributed by atoms with van der Waals surface area (Å²) in [6.07, 6.45) is 0. The summed E-state index contributed by atoms with van der Waals surface area (Å²) < 4.78 is 13.4. The molecule has 0 aliphatic rings. The fourth-order valence-electron chi connectivity index (χ4n) is 1.13. The quantitative estimate of drug-likeness (QED) is 0.666. The van der Waals surface area contributed by atoms with E-state index >= 15 is 0 Å². The third kappa shape index (κ3) is 2.93. The van der Waals surface area contributed by atoms with E-state index in [1.54, 1.807) is 0 Å². The summed E-state index contributed by atoms with van der Waals surface area (Å²) in [4.78, 5) is 22.8. The molecule has 0 aliphatic carbocycles. The van der Waals surface area contributed by atoms with E-state index in [1.165, 1.54) is 26.0 Å². The van der Waals surface area contributed by atoms with Crippen LogP contribution in [-0.2, 0) is 4.79 Å². The number of halogens is 1. The minimum Gasteiger partial charge on any atom is -0.399 e. The van der Waals surface area contributed by atoms with Crippen LogP contribution < -0.4 is 16.8 Å². The van der Waals surface area contributed by atoms with Crippen LogP contribution in [0.15, 0.2) is 18.2 Å². The number of nitrogen functional groups attached to an aromatic ring is 1. The molecule has 0 radical (unpaired) electrons. The van der Waals surface area contributed by atoms with Crippen molar-refractivity contribution in [2.45, 2.75) is 19.4 Å².